The lowest BCUT2D eigenvalue weighted by Gasteiger charge is -2.11. The Morgan fingerprint density at radius 1 is 0.900 bits per heavy atom. The maximum Gasteiger partial charge on any atom is 0.372 e. The quantitative estimate of drug-likeness (QED) is 0.135. The predicted octanol–water partition coefficient (Wildman–Crippen LogP) is 0.984. The van der Waals surface area contributed by atoms with Crippen molar-refractivity contribution in [2.45, 2.75) is 25.9 Å². The second-order valence-corrected chi connectivity index (χ2v) is 4.69. The molecule has 5 N–H and O–H groups in total. The van der Waals surface area contributed by atoms with E-state index >= 15 is 0 Å². The Kier molecular flexibility index (Phi) is 29.0. The second-order valence-electron chi connectivity index (χ2n) is 4.69. The maximum atomic E-state index is 11.1. The minimum Gasteiger partial charge on any atom is -0.484 e. The van der Waals surface area contributed by atoms with Crippen molar-refractivity contribution in [3.8, 4) is 0 Å². The number of carboxylic acid groups (broad SMARTS) is 3. The molecular weight excluding hydrogens is 404 g/mol. The highest BCUT2D eigenvalue weighted by Gasteiger charge is 2.11. The zero-order chi connectivity index (χ0) is 24.5. The largest absolute Gasteiger partial charge is 0.484 e. The molecule has 0 aromatic carbocycles. The van der Waals surface area contributed by atoms with Crippen molar-refractivity contribution in [3.05, 3.63) is 50.3 Å². The van der Waals surface area contributed by atoms with E-state index in [2.05, 4.69) is 26.3 Å². The number of aliphatic hydroxyl groups is 2. The molecule has 0 aromatic heterocycles. The Hall–Kier alpha value is -3.44. The van der Waals surface area contributed by atoms with Crippen LogP contribution < -0.4 is 0 Å². The summed E-state index contributed by atoms with van der Waals surface area (Å²) in [5.41, 5.74) is 0. The molecule has 0 bridgehead atoms. The fraction of sp³-hybridized carbons (Fsp3) is 0.368. The number of ether oxygens (including phenoxy) is 2. The molecule has 1 atom stereocenters. The molecule has 30 heavy (non-hydrogen) atoms. The summed E-state index contributed by atoms with van der Waals surface area (Å²) in [7, 11) is 0. The summed E-state index contributed by atoms with van der Waals surface area (Å²) in [5.74, 6) is -3.73. The van der Waals surface area contributed by atoms with Crippen molar-refractivity contribution in [2.75, 3.05) is 19.8 Å². The van der Waals surface area contributed by atoms with Crippen molar-refractivity contribution in [2.24, 2.45) is 0 Å². The Balaban J connectivity index is -0.000000184. The summed E-state index contributed by atoms with van der Waals surface area (Å²) in [6, 6.07) is 0. The Morgan fingerprint density at radius 3 is 1.53 bits per heavy atom. The monoisotopic (exact) mass is 434 g/mol. The Morgan fingerprint density at radius 2 is 1.27 bits per heavy atom. The van der Waals surface area contributed by atoms with Gasteiger partial charge in [0, 0.05) is 18.2 Å². The third kappa shape index (κ3) is 39.6. The van der Waals surface area contributed by atoms with Crippen LogP contribution >= 0.6 is 0 Å². The number of carbonyl (C=O) groups is 4. The minimum absolute atomic E-state index is 0.154. The minimum atomic E-state index is -1.01. The Labute approximate surface area is 174 Å². The molecule has 0 aliphatic heterocycles. The van der Waals surface area contributed by atoms with E-state index in [0.29, 0.717) is 6.61 Å². The molecular formula is C19H30O11. The highest BCUT2D eigenvalue weighted by molar-refractivity contribution is 5.85. The van der Waals surface area contributed by atoms with Crippen LogP contribution in [0.2, 0.25) is 0 Å². The van der Waals surface area contributed by atoms with Crippen LogP contribution in [0.15, 0.2) is 50.3 Å². The molecule has 0 saturated carbocycles. The van der Waals surface area contributed by atoms with Crippen LogP contribution in [-0.4, -0.2) is 75.3 Å². The number of carboxylic acids is 3. The van der Waals surface area contributed by atoms with E-state index < -0.39 is 36.6 Å². The van der Waals surface area contributed by atoms with E-state index in [9.17, 15) is 19.2 Å². The first kappa shape index (κ1) is 34.1. The number of carbonyl (C=O) groups excluding carboxylic acids is 1. The second kappa shape index (κ2) is 25.6. The lowest BCUT2D eigenvalue weighted by atomic mass is 10.4. The molecule has 0 heterocycles. The summed E-state index contributed by atoms with van der Waals surface area (Å²) in [4.78, 5) is 38.9. The molecule has 0 radical (unpaired) electrons. The normalized spacial score (nSPS) is 9.17. The molecule has 0 spiro atoms. The van der Waals surface area contributed by atoms with Gasteiger partial charge in [0.1, 0.15) is 12.7 Å². The van der Waals surface area contributed by atoms with Crippen molar-refractivity contribution in [1.82, 2.24) is 0 Å². The van der Waals surface area contributed by atoms with Gasteiger partial charge in [0.2, 0.25) is 0 Å². The lowest BCUT2D eigenvalue weighted by Crippen LogP contribution is -2.21. The zero-order valence-corrected chi connectivity index (χ0v) is 16.9. The van der Waals surface area contributed by atoms with Crippen LogP contribution in [0.5, 0.6) is 0 Å². The van der Waals surface area contributed by atoms with Gasteiger partial charge in [-0.25, -0.2) is 19.2 Å². The van der Waals surface area contributed by atoms with Gasteiger partial charge in [-0.2, -0.15) is 0 Å². The van der Waals surface area contributed by atoms with Crippen LogP contribution in [-0.2, 0) is 28.7 Å². The molecule has 0 rings (SSSR count). The van der Waals surface area contributed by atoms with Gasteiger partial charge in [-0.3, -0.25) is 0 Å². The van der Waals surface area contributed by atoms with E-state index in [-0.39, 0.29) is 12.4 Å². The zero-order valence-electron chi connectivity index (χ0n) is 16.9. The van der Waals surface area contributed by atoms with Gasteiger partial charge in [-0.15, -0.1) is 0 Å². The van der Waals surface area contributed by atoms with Crippen LogP contribution in [0.1, 0.15) is 19.8 Å². The molecule has 0 saturated heterocycles. The van der Waals surface area contributed by atoms with Crippen LogP contribution in [0.4, 0.5) is 0 Å². The van der Waals surface area contributed by atoms with E-state index in [0.717, 1.165) is 31.1 Å². The van der Waals surface area contributed by atoms with Crippen molar-refractivity contribution in [3.63, 3.8) is 0 Å². The molecule has 0 aliphatic rings. The number of rotatable bonds is 11. The summed E-state index contributed by atoms with van der Waals surface area (Å²) in [5, 5.41) is 40.2. The number of aliphatic hydroxyl groups excluding tert-OH is 2. The van der Waals surface area contributed by atoms with E-state index in [1.807, 2.05) is 6.92 Å². The molecule has 172 valence electrons. The first-order valence-corrected chi connectivity index (χ1v) is 8.27. The van der Waals surface area contributed by atoms with Crippen molar-refractivity contribution < 1.29 is 54.2 Å². The SMILES string of the molecule is C=C(OCC(O)CO)C(=O)OCCCC.C=CC(=O)O.C=CC(=O)O.C=CC(=O)O. The topological polar surface area (TPSA) is 188 Å². The van der Waals surface area contributed by atoms with Crippen LogP contribution in [0.25, 0.3) is 0 Å². The van der Waals surface area contributed by atoms with Gasteiger partial charge in [0.15, 0.2) is 5.76 Å². The van der Waals surface area contributed by atoms with Crippen LogP contribution in [0, 0.1) is 0 Å². The summed E-state index contributed by atoms with van der Waals surface area (Å²) in [6.07, 6.45) is 3.22. The fourth-order valence-electron chi connectivity index (χ4n) is 0.698. The third-order valence-electron chi connectivity index (χ3n) is 2.14. The maximum absolute atomic E-state index is 11.1. The molecule has 0 aromatic rings. The van der Waals surface area contributed by atoms with Gasteiger partial charge < -0.3 is 35.0 Å². The van der Waals surface area contributed by atoms with Crippen LogP contribution in [0.3, 0.4) is 0 Å². The van der Waals surface area contributed by atoms with Crippen molar-refractivity contribution >= 4 is 23.9 Å². The number of hydrogen-bond acceptors (Lipinski definition) is 8. The third-order valence-corrected chi connectivity index (χ3v) is 2.14. The average molecular weight is 434 g/mol. The summed E-state index contributed by atoms with van der Waals surface area (Å²) in [6.45, 7) is 14.0. The highest BCUT2D eigenvalue weighted by Crippen LogP contribution is 2.00. The predicted molar refractivity (Wildman–Crippen MR) is 108 cm³/mol. The highest BCUT2D eigenvalue weighted by atomic mass is 16.6. The van der Waals surface area contributed by atoms with Gasteiger partial charge in [-0.1, -0.05) is 33.1 Å². The first-order chi connectivity index (χ1) is 13.9. The number of aliphatic carboxylic acids is 3. The smallest absolute Gasteiger partial charge is 0.372 e. The molecule has 0 fully saturated rings. The van der Waals surface area contributed by atoms with E-state index in [1.54, 1.807) is 0 Å². The van der Waals surface area contributed by atoms with Gasteiger partial charge in [0.05, 0.1) is 13.2 Å². The molecule has 1 unspecified atom stereocenters. The molecule has 11 nitrogen and oxygen atoms in total. The molecule has 11 heteroatoms. The van der Waals surface area contributed by atoms with Crippen molar-refractivity contribution in [1.29, 1.82) is 0 Å². The van der Waals surface area contributed by atoms with Gasteiger partial charge >= 0.3 is 23.9 Å². The van der Waals surface area contributed by atoms with E-state index in [1.165, 1.54) is 0 Å². The summed E-state index contributed by atoms with van der Waals surface area (Å²) >= 11 is 0. The lowest BCUT2D eigenvalue weighted by molar-refractivity contribution is -0.144. The fourth-order valence-corrected chi connectivity index (χ4v) is 0.698. The van der Waals surface area contributed by atoms with E-state index in [4.69, 9.17) is 35.0 Å². The van der Waals surface area contributed by atoms with Gasteiger partial charge in [0.25, 0.3) is 0 Å². The van der Waals surface area contributed by atoms with Gasteiger partial charge in [-0.05, 0) is 13.0 Å². The molecule has 0 amide bonds. The number of hydrogen-bond donors (Lipinski definition) is 5. The number of esters is 1. The Bertz CT molecular complexity index is 510. The number of unbranched alkanes of at least 4 members (excludes halogenated alkanes) is 1. The standard InChI is InChI=1S/C10H18O5.3C3H4O2/c1-3-4-5-14-10(13)8(2)15-7-9(12)6-11;3*1-2-3(4)5/h9,11-12H,2-7H2,1H3;3*2H,1H2,(H,4,5). The first-order valence-electron chi connectivity index (χ1n) is 8.27. The molecule has 0 aliphatic carbocycles. The average Bonchev–Trinajstić information content (AvgIpc) is 2.72. The summed E-state index contributed by atoms with van der Waals surface area (Å²) < 4.78 is 9.61.